The topological polar surface area (TPSA) is 9.23 Å². The van der Waals surface area contributed by atoms with Crippen molar-refractivity contribution in [2.24, 2.45) is 0 Å². The molecule has 0 bridgehead atoms. The molecule has 0 unspecified atom stereocenters. The van der Waals surface area contributed by atoms with E-state index in [9.17, 15) is 0 Å². The van der Waals surface area contributed by atoms with Crippen LogP contribution >= 0.6 is 12.9 Å². The first-order chi connectivity index (χ1) is 7.83. The molecular formula is C14H16OS. The van der Waals surface area contributed by atoms with Crippen molar-refractivity contribution >= 4 is 18.5 Å². The van der Waals surface area contributed by atoms with Gasteiger partial charge in [0.15, 0.2) is 0 Å². The zero-order valence-corrected chi connectivity index (χ0v) is 10.3. The predicted octanol–water partition coefficient (Wildman–Crippen LogP) is 4.17. The Morgan fingerprint density at radius 1 is 1.12 bits per heavy atom. The molecule has 0 aliphatic heterocycles. The monoisotopic (exact) mass is 232 g/mol. The summed E-state index contributed by atoms with van der Waals surface area (Å²) in [7, 11) is 0. The van der Waals surface area contributed by atoms with Crippen LogP contribution in [0.2, 0.25) is 0 Å². The molecule has 0 saturated carbocycles. The van der Waals surface area contributed by atoms with Crippen LogP contribution in [-0.2, 0) is 10.6 Å². The van der Waals surface area contributed by atoms with Crippen LogP contribution in [0, 0.1) is 0 Å². The van der Waals surface area contributed by atoms with Crippen LogP contribution < -0.4 is 0 Å². The zero-order chi connectivity index (χ0) is 11.4. The number of thiol groups is 1. The van der Waals surface area contributed by atoms with Gasteiger partial charge >= 0.3 is 0 Å². The third-order valence-electron chi connectivity index (χ3n) is 2.96. The molecule has 0 N–H and O–H groups in total. The number of hydrogen-bond acceptors (Lipinski definition) is 2. The fourth-order valence-electron chi connectivity index (χ4n) is 1.89. The quantitative estimate of drug-likeness (QED) is 0.608. The second-order valence-corrected chi connectivity index (χ2v) is 4.15. The maximum Gasteiger partial charge on any atom is 0.114 e. The highest BCUT2D eigenvalue weighted by Gasteiger charge is 2.08. The van der Waals surface area contributed by atoms with E-state index in [1.807, 2.05) is 6.08 Å². The van der Waals surface area contributed by atoms with E-state index in [-0.39, 0.29) is 0 Å². The van der Waals surface area contributed by atoms with Gasteiger partial charge in [-0.05, 0) is 35.6 Å². The highest BCUT2D eigenvalue weighted by atomic mass is 32.1. The number of allylic oxidation sites excluding steroid dienone is 4. The van der Waals surface area contributed by atoms with E-state index < -0.39 is 0 Å². The smallest absolute Gasteiger partial charge is 0.114 e. The van der Waals surface area contributed by atoms with Gasteiger partial charge in [0.25, 0.3) is 0 Å². The van der Waals surface area contributed by atoms with Crippen molar-refractivity contribution < 1.29 is 4.18 Å². The molecule has 0 spiro atoms. The summed E-state index contributed by atoms with van der Waals surface area (Å²) in [5.41, 5.74) is 4.07. The van der Waals surface area contributed by atoms with Gasteiger partial charge in [0, 0.05) is 19.3 Å². The second-order valence-electron chi connectivity index (χ2n) is 3.97. The molecule has 1 nitrogen and oxygen atoms in total. The SMILES string of the molecule is CCc1ccc(C2=CC=C(OS)CC2)cc1. The zero-order valence-electron chi connectivity index (χ0n) is 9.44. The number of aryl methyl sites for hydroxylation is 1. The second kappa shape index (κ2) is 5.26. The molecule has 0 heterocycles. The molecule has 1 aromatic rings. The van der Waals surface area contributed by atoms with Crippen molar-refractivity contribution in [1.29, 1.82) is 0 Å². The number of benzene rings is 1. The first kappa shape index (κ1) is 11.3. The van der Waals surface area contributed by atoms with E-state index in [2.05, 4.69) is 50.2 Å². The highest BCUT2D eigenvalue weighted by molar-refractivity contribution is 7.75. The minimum absolute atomic E-state index is 0.935. The van der Waals surface area contributed by atoms with Crippen molar-refractivity contribution in [2.45, 2.75) is 26.2 Å². The summed E-state index contributed by atoms with van der Waals surface area (Å²) in [5.74, 6) is 0.942. The van der Waals surface area contributed by atoms with Crippen LogP contribution in [0.1, 0.15) is 30.9 Å². The Morgan fingerprint density at radius 3 is 2.38 bits per heavy atom. The minimum atomic E-state index is 0.935. The Hall–Kier alpha value is -1.15. The molecule has 0 aromatic heterocycles. The molecule has 16 heavy (non-hydrogen) atoms. The lowest BCUT2D eigenvalue weighted by Gasteiger charge is -2.13. The lowest BCUT2D eigenvalue weighted by molar-refractivity contribution is 0.478. The molecule has 84 valence electrons. The summed E-state index contributed by atoms with van der Waals surface area (Å²) in [6.45, 7) is 2.17. The lowest BCUT2D eigenvalue weighted by Crippen LogP contribution is -1.93. The summed E-state index contributed by atoms with van der Waals surface area (Å²) < 4.78 is 4.92. The normalized spacial score (nSPS) is 15.4. The van der Waals surface area contributed by atoms with Crippen LogP contribution in [0.3, 0.4) is 0 Å². The molecule has 2 heteroatoms. The van der Waals surface area contributed by atoms with Gasteiger partial charge in [0.1, 0.15) is 5.76 Å². The average Bonchev–Trinajstić information content (AvgIpc) is 2.39. The van der Waals surface area contributed by atoms with Gasteiger partial charge < -0.3 is 4.18 Å². The summed E-state index contributed by atoms with van der Waals surface area (Å²) in [5, 5.41) is 0. The Morgan fingerprint density at radius 2 is 1.88 bits per heavy atom. The van der Waals surface area contributed by atoms with Gasteiger partial charge in [0.2, 0.25) is 0 Å². The third kappa shape index (κ3) is 2.50. The number of hydrogen-bond donors (Lipinski definition) is 1. The standard InChI is InChI=1S/C14H16OS/c1-2-11-3-5-12(6-4-11)13-7-9-14(15-16)10-8-13/h3-7,9,16H,2,8,10H2,1H3. The van der Waals surface area contributed by atoms with E-state index in [4.69, 9.17) is 4.18 Å². The Labute approximate surface area is 102 Å². The van der Waals surface area contributed by atoms with Crippen LogP contribution in [0.5, 0.6) is 0 Å². The third-order valence-corrected chi connectivity index (χ3v) is 3.20. The van der Waals surface area contributed by atoms with E-state index in [1.165, 1.54) is 16.7 Å². The van der Waals surface area contributed by atoms with Gasteiger partial charge in [-0.2, -0.15) is 0 Å². The number of rotatable bonds is 3. The first-order valence-corrected chi connectivity index (χ1v) is 6.00. The molecule has 1 aliphatic rings. The summed E-state index contributed by atoms with van der Waals surface area (Å²) in [4.78, 5) is 0. The maximum atomic E-state index is 4.92. The van der Waals surface area contributed by atoms with Crippen molar-refractivity contribution in [3.63, 3.8) is 0 Å². The van der Waals surface area contributed by atoms with Gasteiger partial charge in [-0.25, -0.2) is 0 Å². The molecule has 0 atom stereocenters. The lowest BCUT2D eigenvalue weighted by atomic mass is 9.95. The van der Waals surface area contributed by atoms with Crippen LogP contribution in [0.25, 0.3) is 5.57 Å². The highest BCUT2D eigenvalue weighted by Crippen LogP contribution is 2.27. The van der Waals surface area contributed by atoms with Crippen molar-refractivity contribution in [3.05, 3.63) is 53.3 Å². The molecule has 0 amide bonds. The van der Waals surface area contributed by atoms with Crippen molar-refractivity contribution in [3.8, 4) is 0 Å². The van der Waals surface area contributed by atoms with Crippen LogP contribution in [0.4, 0.5) is 0 Å². The largest absolute Gasteiger partial charge is 0.433 e. The van der Waals surface area contributed by atoms with Crippen molar-refractivity contribution in [2.75, 3.05) is 0 Å². The molecule has 0 saturated heterocycles. The maximum absolute atomic E-state index is 4.92. The van der Waals surface area contributed by atoms with E-state index in [1.54, 1.807) is 0 Å². The Kier molecular flexibility index (Phi) is 3.73. The Bertz CT molecular complexity index is 415. The van der Waals surface area contributed by atoms with E-state index >= 15 is 0 Å². The molecule has 1 aromatic carbocycles. The van der Waals surface area contributed by atoms with Crippen LogP contribution in [-0.4, -0.2) is 0 Å². The summed E-state index contributed by atoms with van der Waals surface area (Å²) in [6.07, 6.45) is 7.18. The van der Waals surface area contributed by atoms with E-state index in [0.29, 0.717) is 0 Å². The molecular weight excluding hydrogens is 216 g/mol. The predicted molar refractivity (Wildman–Crippen MR) is 71.2 cm³/mol. The molecule has 0 fully saturated rings. The van der Waals surface area contributed by atoms with Crippen molar-refractivity contribution in [1.82, 2.24) is 0 Å². The summed E-state index contributed by atoms with van der Waals surface area (Å²) >= 11 is 3.81. The molecule has 1 aliphatic carbocycles. The van der Waals surface area contributed by atoms with Gasteiger partial charge in [-0.1, -0.05) is 37.3 Å². The average molecular weight is 232 g/mol. The first-order valence-electron chi connectivity index (χ1n) is 5.64. The summed E-state index contributed by atoms with van der Waals surface area (Å²) in [6, 6.07) is 8.80. The fourth-order valence-corrected chi connectivity index (χ4v) is 2.04. The van der Waals surface area contributed by atoms with Gasteiger partial charge in [0.05, 0.1) is 0 Å². The fraction of sp³-hybridized carbons (Fsp3) is 0.286. The molecule has 2 rings (SSSR count). The van der Waals surface area contributed by atoms with Gasteiger partial charge in [-0.3, -0.25) is 0 Å². The Balaban J connectivity index is 2.19. The van der Waals surface area contributed by atoms with E-state index in [0.717, 1.165) is 25.0 Å². The van der Waals surface area contributed by atoms with Gasteiger partial charge in [-0.15, -0.1) is 0 Å². The minimum Gasteiger partial charge on any atom is -0.433 e. The molecule has 0 radical (unpaired) electrons. The van der Waals surface area contributed by atoms with Crippen LogP contribution in [0.15, 0.2) is 42.2 Å².